The number of ether oxygens (including phenoxy) is 1. The minimum absolute atomic E-state index is 0.202. The minimum atomic E-state index is -0.298. The summed E-state index contributed by atoms with van der Waals surface area (Å²) in [5.41, 5.74) is 1.23. The van der Waals surface area contributed by atoms with Crippen LogP contribution >= 0.6 is 0 Å². The fourth-order valence-corrected chi connectivity index (χ4v) is 2.77. The average Bonchev–Trinajstić information content (AvgIpc) is 2.46. The third-order valence-electron chi connectivity index (χ3n) is 4.30. The number of benzene rings is 1. The number of para-hydroxylation sites is 2. The molecule has 1 fully saturated rings. The zero-order chi connectivity index (χ0) is 14.6. The lowest BCUT2D eigenvalue weighted by Gasteiger charge is -2.40. The number of rotatable bonds is 5. The number of hydrogen-bond acceptors (Lipinski definition) is 4. The molecule has 0 radical (unpaired) electrons. The predicted molar refractivity (Wildman–Crippen MR) is 79.1 cm³/mol. The van der Waals surface area contributed by atoms with Gasteiger partial charge in [0.25, 0.3) is 5.69 Å². The first kappa shape index (κ1) is 14.8. The van der Waals surface area contributed by atoms with Gasteiger partial charge < -0.3 is 9.64 Å². The van der Waals surface area contributed by atoms with E-state index in [4.69, 9.17) is 4.74 Å². The number of piperidine rings is 1. The van der Waals surface area contributed by atoms with Crippen molar-refractivity contribution < 1.29 is 9.66 Å². The Bertz CT molecular complexity index is 468. The first-order valence-electron chi connectivity index (χ1n) is 7.03. The normalized spacial score (nSPS) is 18.0. The molecule has 0 aromatic heterocycles. The highest BCUT2D eigenvalue weighted by Crippen LogP contribution is 2.38. The molecule has 1 aliphatic heterocycles. The monoisotopic (exact) mass is 278 g/mol. The van der Waals surface area contributed by atoms with Gasteiger partial charge in [-0.3, -0.25) is 10.1 Å². The van der Waals surface area contributed by atoms with Gasteiger partial charge in [-0.1, -0.05) is 19.1 Å². The molecule has 1 aromatic rings. The highest BCUT2D eigenvalue weighted by molar-refractivity contribution is 5.63. The maximum absolute atomic E-state index is 11.1. The van der Waals surface area contributed by atoms with Crippen LogP contribution in [-0.2, 0) is 4.74 Å². The van der Waals surface area contributed by atoms with E-state index in [1.54, 1.807) is 19.2 Å². The van der Waals surface area contributed by atoms with Crippen molar-refractivity contribution in [3.05, 3.63) is 34.4 Å². The summed E-state index contributed by atoms with van der Waals surface area (Å²) in [6, 6.07) is 7.00. The summed E-state index contributed by atoms with van der Waals surface area (Å²) in [4.78, 5) is 12.9. The van der Waals surface area contributed by atoms with E-state index in [-0.39, 0.29) is 16.0 Å². The Morgan fingerprint density at radius 1 is 1.35 bits per heavy atom. The Morgan fingerprint density at radius 3 is 2.60 bits per heavy atom. The van der Waals surface area contributed by atoms with Gasteiger partial charge in [0.05, 0.1) is 4.92 Å². The summed E-state index contributed by atoms with van der Waals surface area (Å²) < 4.78 is 5.17. The lowest BCUT2D eigenvalue weighted by molar-refractivity contribution is -0.384. The Hall–Kier alpha value is -1.62. The molecular formula is C15H22N2O3. The molecule has 1 saturated heterocycles. The van der Waals surface area contributed by atoms with E-state index in [9.17, 15) is 10.1 Å². The van der Waals surface area contributed by atoms with Gasteiger partial charge in [0, 0.05) is 32.9 Å². The van der Waals surface area contributed by atoms with E-state index >= 15 is 0 Å². The highest BCUT2D eigenvalue weighted by Gasteiger charge is 2.31. The van der Waals surface area contributed by atoms with Crippen molar-refractivity contribution >= 4 is 11.4 Å². The maximum Gasteiger partial charge on any atom is 0.292 e. The number of nitro groups is 1. The van der Waals surface area contributed by atoms with Gasteiger partial charge in [-0.25, -0.2) is 0 Å². The van der Waals surface area contributed by atoms with Crippen LogP contribution in [0.1, 0.15) is 26.2 Å². The topological polar surface area (TPSA) is 55.6 Å². The van der Waals surface area contributed by atoms with Crippen molar-refractivity contribution in [3.63, 3.8) is 0 Å². The molecule has 0 amide bonds. The fourth-order valence-electron chi connectivity index (χ4n) is 2.77. The summed E-state index contributed by atoms with van der Waals surface area (Å²) >= 11 is 0. The smallest absolute Gasteiger partial charge is 0.292 e. The van der Waals surface area contributed by atoms with E-state index < -0.39 is 0 Å². The number of nitrogens with zero attached hydrogens (tertiary/aromatic N) is 2. The molecule has 1 aliphatic rings. The van der Waals surface area contributed by atoms with Crippen molar-refractivity contribution in [1.82, 2.24) is 0 Å². The van der Waals surface area contributed by atoms with Crippen LogP contribution in [0.5, 0.6) is 0 Å². The average molecular weight is 278 g/mol. The molecule has 5 heteroatoms. The summed E-state index contributed by atoms with van der Waals surface area (Å²) in [6.45, 7) is 4.79. The summed E-state index contributed by atoms with van der Waals surface area (Å²) in [7, 11) is 1.73. The molecule has 0 aliphatic carbocycles. The van der Waals surface area contributed by atoms with E-state index in [0.29, 0.717) is 0 Å². The molecule has 0 saturated carbocycles. The second-order valence-electron chi connectivity index (χ2n) is 5.79. The van der Waals surface area contributed by atoms with Gasteiger partial charge in [0.15, 0.2) is 0 Å². The molecule has 0 spiro atoms. The first-order chi connectivity index (χ1) is 9.56. The van der Waals surface area contributed by atoms with Gasteiger partial charge in [-0.2, -0.15) is 0 Å². The highest BCUT2D eigenvalue weighted by atomic mass is 16.6. The molecule has 5 nitrogen and oxygen atoms in total. The number of anilines is 1. The zero-order valence-corrected chi connectivity index (χ0v) is 12.2. The van der Waals surface area contributed by atoms with E-state index in [2.05, 4.69) is 11.8 Å². The lowest BCUT2D eigenvalue weighted by atomic mass is 9.78. The third-order valence-corrected chi connectivity index (χ3v) is 4.30. The maximum atomic E-state index is 11.1. The second-order valence-corrected chi connectivity index (χ2v) is 5.79. The van der Waals surface area contributed by atoms with Gasteiger partial charge in [-0.15, -0.1) is 0 Å². The first-order valence-corrected chi connectivity index (χ1v) is 7.03. The molecule has 0 unspecified atom stereocenters. The SMILES string of the molecule is COCCC1(C)CCN(c2ccccc2[N+](=O)[O-])CC1. The Labute approximate surface area is 119 Å². The van der Waals surface area contributed by atoms with Crippen LogP contribution < -0.4 is 4.90 Å². The Kier molecular flexibility index (Phi) is 4.60. The molecule has 0 bridgehead atoms. The van der Waals surface area contributed by atoms with E-state index in [0.717, 1.165) is 44.6 Å². The molecule has 110 valence electrons. The Balaban J connectivity index is 2.06. The van der Waals surface area contributed by atoms with Crippen LogP contribution in [0.2, 0.25) is 0 Å². The Morgan fingerprint density at radius 2 is 2.00 bits per heavy atom. The number of methoxy groups -OCH3 is 1. The quantitative estimate of drug-likeness (QED) is 0.613. The molecule has 0 N–H and O–H groups in total. The van der Waals surface area contributed by atoms with Gasteiger partial charge >= 0.3 is 0 Å². The molecule has 20 heavy (non-hydrogen) atoms. The van der Waals surface area contributed by atoms with E-state index in [1.165, 1.54) is 0 Å². The zero-order valence-electron chi connectivity index (χ0n) is 12.2. The van der Waals surface area contributed by atoms with Gasteiger partial charge in [0.2, 0.25) is 0 Å². The van der Waals surface area contributed by atoms with Gasteiger partial charge in [-0.05, 0) is 30.7 Å². The van der Waals surface area contributed by atoms with Crippen molar-refractivity contribution in [2.75, 3.05) is 31.7 Å². The largest absolute Gasteiger partial charge is 0.385 e. The standard InChI is InChI=1S/C15H22N2O3/c1-15(9-12-20-2)7-10-16(11-8-15)13-5-3-4-6-14(13)17(18)19/h3-6H,7-12H2,1-2H3. The van der Waals surface area contributed by atoms with Crippen LogP contribution in [0, 0.1) is 15.5 Å². The van der Waals surface area contributed by atoms with Crippen LogP contribution in [0.15, 0.2) is 24.3 Å². The number of hydrogen-bond donors (Lipinski definition) is 0. The third kappa shape index (κ3) is 3.28. The van der Waals surface area contributed by atoms with Crippen molar-refractivity contribution in [1.29, 1.82) is 0 Å². The van der Waals surface area contributed by atoms with Crippen molar-refractivity contribution in [2.45, 2.75) is 26.2 Å². The predicted octanol–water partition coefficient (Wildman–Crippen LogP) is 3.24. The van der Waals surface area contributed by atoms with Crippen LogP contribution in [-0.4, -0.2) is 31.7 Å². The lowest BCUT2D eigenvalue weighted by Crippen LogP contribution is -2.39. The summed E-state index contributed by atoms with van der Waals surface area (Å²) in [6.07, 6.45) is 3.14. The molecule has 1 heterocycles. The summed E-state index contributed by atoms with van der Waals surface area (Å²) in [5, 5.41) is 11.1. The molecular weight excluding hydrogens is 256 g/mol. The minimum Gasteiger partial charge on any atom is -0.385 e. The molecule has 2 rings (SSSR count). The van der Waals surface area contributed by atoms with Crippen LogP contribution in [0.4, 0.5) is 11.4 Å². The van der Waals surface area contributed by atoms with E-state index in [1.807, 2.05) is 12.1 Å². The van der Waals surface area contributed by atoms with Gasteiger partial charge in [0.1, 0.15) is 5.69 Å². The number of nitro benzene ring substituents is 1. The summed E-state index contributed by atoms with van der Waals surface area (Å²) in [5.74, 6) is 0. The molecule has 1 aromatic carbocycles. The fraction of sp³-hybridized carbons (Fsp3) is 0.600. The second kappa shape index (κ2) is 6.22. The van der Waals surface area contributed by atoms with Crippen LogP contribution in [0.3, 0.4) is 0 Å². The van der Waals surface area contributed by atoms with Crippen molar-refractivity contribution in [3.8, 4) is 0 Å². The molecule has 0 atom stereocenters. The van der Waals surface area contributed by atoms with Crippen molar-refractivity contribution in [2.24, 2.45) is 5.41 Å². The van der Waals surface area contributed by atoms with Crippen LogP contribution in [0.25, 0.3) is 0 Å².